The summed E-state index contributed by atoms with van der Waals surface area (Å²) in [5, 5.41) is 0. The summed E-state index contributed by atoms with van der Waals surface area (Å²) in [6.45, 7) is 22.5. The van der Waals surface area contributed by atoms with E-state index in [0.29, 0.717) is 0 Å². The van der Waals surface area contributed by atoms with Crippen LogP contribution >= 0.6 is 0 Å². The van der Waals surface area contributed by atoms with Crippen molar-refractivity contribution in [3.63, 3.8) is 0 Å². The molecular formula is C42H60O4. The van der Waals surface area contributed by atoms with Crippen LogP contribution in [0.15, 0.2) is 72.9 Å². The summed E-state index contributed by atoms with van der Waals surface area (Å²) in [7, 11) is 3.07. The van der Waals surface area contributed by atoms with Crippen molar-refractivity contribution in [1.82, 2.24) is 0 Å². The Morgan fingerprint density at radius 2 is 1.28 bits per heavy atom. The second kappa shape index (κ2) is 12.8. The number of hydrogen-bond acceptors (Lipinski definition) is 4. The third kappa shape index (κ3) is 5.64. The van der Waals surface area contributed by atoms with Gasteiger partial charge in [0.25, 0.3) is 0 Å². The summed E-state index contributed by atoms with van der Waals surface area (Å²) in [6, 6.07) is 0. The SMILES string of the molecule is C=CC1(C=CC2C(=C)CCC3C(C)(C(=O)OC)CCCC23C)CCC=C(C=CC2C(=C)CCC3C(C)(C(=O)OC)CCCC23C)C1. The fourth-order valence-electron chi connectivity index (χ4n) is 11.5. The molecule has 0 aromatic heterocycles. The van der Waals surface area contributed by atoms with Crippen LogP contribution in [0.2, 0.25) is 0 Å². The van der Waals surface area contributed by atoms with Gasteiger partial charge in [0.05, 0.1) is 25.0 Å². The Labute approximate surface area is 279 Å². The molecule has 0 amide bonds. The number of fused-ring (bicyclic) bond motifs is 2. The Kier molecular flexibility index (Phi) is 9.64. The summed E-state index contributed by atoms with van der Waals surface area (Å²) in [5.74, 6) is 0.922. The number of methoxy groups -OCH3 is 2. The van der Waals surface area contributed by atoms with Crippen LogP contribution in [-0.2, 0) is 19.1 Å². The average molecular weight is 629 g/mol. The van der Waals surface area contributed by atoms with Crippen molar-refractivity contribution in [3.05, 3.63) is 72.9 Å². The predicted molar refractivity (Wildman–Crippen MR) is 188 cm³/mol. The molecule has 4 saturated carbocycles. The zero-order valence-electron chi connectivity index (χ0n) is 29.7. The third-order valence-corrected chi connectivity index (χ3v) is 14.1. The Balaban J connectivity index is 1.37. The monoisotopic (exact) mass is 628 g/mol. The minimum Gasteiger partial charge on any atom is -0.469 e. The van der Waals surface area contributed by atoms with Gasteiger partial charge in [-0.05, 0) is 107 Å². The predicted octanol–water partition coefficient (Wildman–Crippen LogP) is 10.3. The minimum atomic E-state index is -0.443. The number of allylic oxidation sites excluding steroid dienone is 9. The van der Waals surface area contributed by atoms with E-state index in [4.69, 9.17) is 9.47 Å². The number of carbonyl (C=O) groups excluding carboxylic acids is 2. The van der Waals surface area contributed by atoms with Crippen LogP contribution in [0.25, 0.3) is 0 Å². The van der Waals surface area contributed by atoms with Crippen molar-refractivity contribution in [2.75, 3.05) is 14.2 Å². The van der Waals surface area contributed by atoms with Gasteiger partial charge in [0.2, 0.25) is 0 Å². The van der Waals surface area contributed by atoms with E-state index < -0.39 is 10.8 Å². The highest BCUT2D eigenvalue weighted by molar-refractivity contribution is 5.77. The molecular weight excluding hydrogens is 568 g/mol. The molecule has 0 aliphatic heterocycles. The maximum atomic E-state index is 13.1. The highest BCUT2D eigenvalue weighted by Gasteiger charge is 2.58. The zero-order valence-corrected chi connectivity index (χ0v) is 29.7. The van der Waals surface area contributed by atoms with Gasteiger partial charge in [-0.15, -0.1) is 6.58 Å². The van der Waals surface area contributed by atoms with E-state index in [1.54, 1.807) is 0 Å². The van der Waals surface area contributed by atoms with E-state index >= 15 is 0 Å². The topological polar surface area (TPSA) is 52.6 Å². The molecule has 252 valence electrons. The quantitative estimate of drug-likeness (QED) is 0.208. The standard InChI is InChI=1S/C42H60O4/c1-10-42(27-21-33-30(3)16-20-35-39(33,5)23-13-25-41(35,7)37(44)46-9)26-11-14-31(28-42)17-18-32-29(2)15-19-34-38(32,4)22-12-24-40(34,6)36(43)45-8/h10,14,17-18,21,27,32-35H,1-3,11-13,15-16,19-20,22-26,28H2,4-9H3. The first-order valence-electron chi connectivity index (χ1n) is 18.0. The number of rotatable bonds is 7. The zero-order chi connectivity index (χ0) is 33.5. The van der Waals surface area contributed by atoms with Crippen LogP contribution in [-0.4, -0.2) is 26.2 Å². The third-order valence-electron chi connectivity index (χ3n) is 14.1. The van der Waals surface area contributed by atoms with Crippen molar-refractivity contribution < 1.29 is 19.1 Å². The fraction of sp³-hybridized carbons (Fsp3) is 0.667. The highest BCUT2D eigenvalue weighted by Crippen LogP contribution is 2.63. The smallest absolute Gasteiger partial charge is 0.311 e. The largest absolute Gasteiger partial charge is 0.469 e. The number of carbonyl (C=O) groups is 2. The summed E-state index contributed by atoms with van der Waals surface area (Å²) in [5.41, 5.74) is 2.90. The summed E-state index contributed by atoms with van der Waals surface area (Å²) in [4.78, 5) is 26.1. The van der Waals surface area contributed by atoms with Crippen LogP contribution in [0, 0.1) is 50.7 Å². The van der Waals surface area contributed by atoms with Crippen LogP contribution in [0.1, 0.15) is 111 Å². The van der Waals surface area contributed by atoms with Gasteiger partial charge in [-0.3, -0.25) is 9.59 Å². The van der Waals surface area contributed by atoms with Crippen molar-refractivity contribution in [3.8, 4) is 0 Å². The normalized spacial score (nSPS) is 43.0. The molecule has 5 aliphatic carbocycles. The molecule has 0 aromatic rings. The van der Waals surface area contributed by atoms with Gasteiger partial charge in [0.15, 0.2) is 0 Å². The lowest BCUT2D eigenvalue weighted by Crippen LogP contribution is -2.53. The summed E-state index contributed by atoms with van der Waals surface area (Å²) >= 11 is 0. The van der Waals surface area contributed by atoms with Gasteiger partial charge < -0.3 is 9.47 Å². The molecule has 4 heteroatoms. The summed E-state index contributed by atoms with van der Waals surface area (Å²) < 4.78 is 10.7. The minimum absolute atomic E-state index is 0.0102. The van der Waals surface area contributed by atoms with Gasteiger partial charge in [-0.1, -0.05) is 93.0 Å². The second-order valence-electron chi connectivity index (χ2n) is 16.6. The van der Waals surface area contributed by atoms with Crippen molar-refractivity contribution in [2.45, 2.75) is 111 Å². The van der Waals surface area contributed by atoms with E-state index in [1.807, 2.05) is 0 Å². The molecule has 0 N–H and O–H groups in total. The van der Waals surface area contributed by atoms with Gasteiger partial charge in [-0.25, -0.2) is 0 Å². The molecule has 5 rings (SSSR count). The van der Waals surface area contributed by atoms with Gasteiger partial charge >= 0.3 is 11.9 Å². The van der Waals surface area contributed by atoms with Crippen molar-refractivity contribution in [1.29, 1.82) is 0 Å². The van der Waals surface area contributed by atoms with Gasteiger partial charge in [-0.2, -0.15) is 0 Å². The van der Waals surface area contributed by atoms with E-state index in [-0.39, 0.29) is 51.9 Å². The second-order valence-corrected chi connectivity index (χ2v) is 16.6. The van der Waals surface area contributed by atoms with E-state index in [2.05, 4.69) is 83.9 Å². The Bertz CT molecular complexity index is 1350. The Hall–Kier alpha value is -2.62. The molecule has 9 unspecified atom stereocenters. The number of esters is 2. The molecule has 0 aromatic carbocycles. The van der Waals surface area contributed by atoms with Crippen LogP contribution < -0.4 is 0 Å². The molecule has 9 atom stereocenters. The lowest BCUT2D eigenvalue weighted by atomic mass is 9.47. The first kappa shape index (κ1) is 34.7. The molecule has 4 fully saturated rings. The Morgan fingerprint density at radius 1 is 0.783 bits per heavy atom. The van der Waals surface area contributed by atoms with Gasteiger partial charge in [0, 0.05) is 17.3 Å². The highest BCUT2D eigenvalue weighted by atomic mass is 16.5. The molecule has 0 radical (unpaired) electrons. The first-order valence-corrected chi connectivity index (χ1v) is 18.0. The van der Waals surface area contributed by atoms with E-state index in [1.165, 1.54) is 30.9 Å². The molecule has 46 heavy (non-hydrogen) atoms. The van der Waals surface area contributed by atoms with Crippen LogP contribution in [0.4, 0.5) is 0 Å². The molecule has 0 heterocycles. The maximum absolute atomic E-state index is 13.1. The van der Waals surface area contributed by atoms with E-state index in [0.717, 1.165) is 83.5 Å². The van der Waals surface area contributed by atoms with Crippen molar-refractivity contribution >= 4 is 11.9 Å². The Morgan fingerprint density at radius 3 is 1.76 bits per heavy atom. The number of ether oxygens (including phenoxy) is 2. The molecule has 0 bridgehead atoms. The lowest BCUT2D eigenvalue weighted by molar-refractivity contribution is -0.167. The molecule has 5 aliphatic rings. The van der Waals surface area contributed by atoms with Crippen LogP contribution in [0.3, 0.4) is 0 Å². The number of hydrogen-bond donors (Lipinski definition) is 0. The first-order chi connectivity index (χ1) is 21.7. The van der Waals surface area contributed by atoms with Crippen LogP contribution in [0.5, 0.6) is 0 Å². The average Bonchev–Trinajstić information content (AvgIpc) is 3.03. The van der Waals surface area contributed by atoms with E-state index in [9.17, 15) is 9.59 Å². The van der Waals surface area contributed by atoms with Crippen molar-refractivity contribution in [2.24, 2.45) is 50.7 Å². The maximum Gasteiger partial charge on any atom is 0.311 e. The van der Waals surface area contributed by atoms with Gasteiger partial charge in [0.1, 0.15) is 0 Å². The molecule has 4 nitrogen and oxygen atoms in total. The molecule has 0 saturated heterocycles. The fourth-order valence-corrected chi connectivity index (χ4v) is 11.5. The molecule has 0 spiro atoms. The summed E-state index contributed by atoms with van der Waals surface area (Å²) in [6.07, 6.45) is 27.2. The lowest BCUT2D eigenvalue weighted by Gasteiger charge is -2.57.